The lowest BCUT2D eigenvalue weighted by Crippen LogP contribution is -2.48. The predicted molar refractivity (Wildman–Crippen MR) is 90.0 cm³/mol. The summed E-state index contributed by atoms with van der Waals surface area (Å²) in [6.45, 7) is 0. The minimum atomic E-state index is -4.76. The van der Waals surface area contributed by atoms with Gasteiger partial charge in [0.2, 0.25) is 0 Å². The number of hydrogen-bond acceptors (Lipinski definition) is 3. The van der Waals surface area contributed by atoms with Gasteiger partial charge in [-0.1, -0.05) is 30.7 Å². The molecular formula is C20H20F3NO2. The number of halogens is 3. The summed E-state index contributed by atoms with van der Waals surface area (Å²) in [7, 11) is 0. The molecule has 0 spiro atoms. The number of alkyl halides is 3. The van der Waals surface area contributed by atoms with Crippen LogP contribution >= 0.6 is 0 Å². The Hall–Kier alpha value is -2.08. The van der Waals surface area contributed by atoms with E-state index >= 15 is 0 Å². The van der Waals surface area contributed by atoms with Crippen LogP contribution in [0.25, 0.3) is 0 Å². The molecule has 1 saturated carbocycles. The number of aryl methyl sites for hydroxylation is 1. The highest BCUT2D eigenvalue weighted by Gasteiger charge is 2.51. The van der Waals surface area contributed by atoms with Crippen LogP contribution < -0.4 is 4.74 Å². The van der Waals surface area contributed by atoms with Gasteiger partial charge in [-0.05, 0) is 43.4 Å². The van der Waals surface area contributed by atoms with Crippen molar-refractivity contribution >= 4 is 0 Å². The SMILES string of the molecule is OC(C1CCc2cccnc21)C1(c2ccccc2OC(F)(F)F)CCC1. The number of pyridine rings is 1. The molecule has 2 aliphatic rings. The summed E-state index contributed by atoms with van der Waals surface area (Å²) in [6.07, 6.45) is -0.0782. The molecule has 0 aliphatic heterocycles. The summed E-state index contributed by atoms with van der Waals surface area (Å²) in [5.41, 5.74) is 1.72. The summed E-state index contributed by atoms with van der Waals surface area (Å²) in [6, 6.07) is 10.1. The molecule has 2 aliphatic carbocycles. The lowest BCUT2D eigenvalue weighted by Gasteiger charge is -2.48. The van der Waals surface area contributed by atoms with Crippen LogP contribution in [-0.4, -0.2) is 22.6 Å². The Morgan fingerprint density at radius 1 is 1.15 bits per heavy atom. The van der Waals surface area contributed by atoms with E-state index in [1.165, 1.54) is 12.1 Å². The Labute approximate surface area is 149 Å². The summed E-state index contributed by atoms with van der Waals surface area (Å²) < 4.78 is 42.8. The summed E-state index contributed by atoms with van der Waals surface area (Å²) in [5, 5.41) is 11.3. The number of ether oxygens (including phenoxy) is 1. The molecule has 0 saturated heterocycles. The van der Waals surface area contributed by atoms with Crippen molar-refractivity contribution in [2.75, 3.05) is 0 Å². The van der Waals surface area contributed by atoms with Crippen LogP contribution in [0.1, 0.15) is 48.4 Å². The topological polar surface area (TPSA) is 42.4 Å². The van der Waals surface area contributed by atoms with E-state index in [4.69, 9.17) is 0 Å². The number of para-hydroxylation sites is 1. The van der Waals surface area contributed by atoms with Crippen LogP contribution in [0.5, 0.6) is 5.75 Å². The van der Waals surface area contributed by atoms with Crippen LogP contribution in [0.4, 0.5) is 13.2 Å². The number of benzene rings is 1. The molecule has 2 aromatic rings. The Morgan fingerprint density at radius 3 is 2.62 bits per heavy atom. The molecule has 1 aromatic carbocycles. The van der Waals surface area contributed by atoms with Gasteiger partial charge in [0.15, 0.2) is 0 Å². The molecular weight excluding hydrogens is 343 g/mol. The third-order valence-corrected chi connectivity index (χ3v) is 5.84. The van der Waals surface area contributed by atoms with Gasteiger partial charge >= 0.3 is 6.36 Å². The molecule has 1 fully saturated rings. The van der Waals surface area contributed by atoms with E-state index in [2.05, 4.69) is 9.72 Å². The lowest BCUT2D eigenvalue weighted by atomic mass is 9.58. The molecule has 26 heavy (non-hydrogen) atoms. The van der Waals surface area contributed by atoms with Gasteiger partial charge in [0.1, 0.15) is 5.75 Å². The van der Waals surface area contributed by atoms with E-state index < -0.39 is 17.9 Å². The summed E-state index contributed by atoms with van der Waals surface area (Å²) >= 11 is 0. The molecule has 3 nitrogen and oxygen atoms in total. The molecule has 1 N–H and O–H groups in total. The average Bonchev–Trinajstić information content (AvgIpc) is 2.98. The van der Waals surface area contributed by atoms with Crippen LogP contribution in [-0.2, 0) is 11.8 Å². The number of rotatable bonds is 4. The first-order valence-corrected chi connectivity index (χ1v) is 8.88. The van der Waals surface area contributed by atoms with Crippen molar-refractivity contribution in [2.24, 2.45) is 0 Å². The van der Waals surface area contributed by atoms with E-state index in [0.29, 0.717) is 18.4 Å². The average molecular weight is 363 g/mol. The fourth-order valence-electron chi connectivity index (χ4n) is 4.51. The monoisotopic (exact) mass is 363 g/mol. The quantitative estimate of drug-likeness (QED) is 0.870. The van der Waals surface area contributed by atoms with Crippen molar-refractivity contribution in [1.29, 1.82) is 0 Å². The largest absolute Gasteiger partial charge is 0.573 e. The molecule has 6 heteroatoms. The molecule has 138 valence electrons. The number of hydrogen-bond donors (Lipinski definition) is 1. The summed E-state index contributed by atoms with van der Waals surface area (Å²) in [4.78, 5) is 4.44. The number of aromatic nitrogens is 1. The normalized spacial score (nSPS) is 22.4. The zero-order chi connectivity index (χ0) is 18.4. The zero-order valence-electron chi connectivity index (χ0n) is 14.2. The Kier molecular flexibility index (Phi) is 4.18. The van der Waals surface area contributed by atoms with Crippen LogP contribution in [0, 0.1) is 0 Å². The first-order valence-electron chi connectivity index (χ1n) is 8.88. The maximum Gasteiger partial charge on any atom is 0.573 e. The number of aliphatic hydroxyl groups excluding tert-OH is 1. The second-order valence-electron chi connectivity index (χ2n) is 7.19. The predicted octanol–water partition coefficient (Wildman–Crippen LogP) is 4.49. The zero-order valence-corrected chi connectivity index (χ0v) is 14.2. The Morgan fingerprint density at radius 2 is 1.92 bits per heavy atom. The molecule has 1 aromatic heterocycles. The van der Waals surface area contributed by atoms with Gasteiger partial charge in [0, 0.05) is 28.8 Å². The fourth-order valence-corrected chi connectivity index (χ4v) is 4.51. The van der Waals surface area contributed by atoms with Crippen LogP contribution in [0.2, 0.25) is 0 Å². The van der Waals surface area contributed by atoms with Gasteiger partial charge in [-0.3, -0.25) is 4.98 Å². The summed E-state index contributed by atoms with van der Waals surface area (Å²) in [5.74, 6) is -0.372. The van der Waals surface area contributed by atoms with Crippen molar-refractivity contribution in [3.63, 3.8) is 0 Å². The second kappa shape index (κ2) is 6.27. The highest BCUT2D eigenvalue weighted by Crippen LogP contribution is 2.54. The van der Waals surface area contributed by atoms with Crippen molar-refractivity contribution < 1.29 is 23.0 Å². The lowest BCUT2D eigenvalue weighted by molar-refractivity contribution is -0.275. The minimum absolute atomic E-state index is 0.162. The molecule has 0 amide bonds. The minimum Gasteiger partial charge on any atom is -0.405 e. The van der Waals surface area contributed by atoms with E-state index in [-0.39, 0.29) is 11.7 Å². The number of nitrogens with zero attached hydrogens (tertiary/aromatic N) is 1. The van der Waals surface area contributed by atoms with Gasteiger partial charge in [-0.25, -0.2) is 0 Å². The van der Waals surface area contributed by atoms with Crippen molar-refractivity contribution in [3.05, 3.63) is 59.4 Å². The molecule has 4 rings (SSSR count). The van der Waals surface area contributed by atoms with E-state index in [0.717, 1.165) is 30.5 Å². The van der Waals surface area contributed by atoms with Crippen molar-refractivity contribution in [3.8, 4) is 5.75 Å². The maximum atomic E-state index is 12.8. The van der Waals surface area contributed by atoms with Gasteiger partial charge < -0.3 is 9.84 Å². The maximum absolute atomic E-state index is 12.8. The fraction of sp³-hybridized carbons (Fsp3) is 0.450. The second-order valence-corrected chi connectivity index (χ2v) is 7.19. The van der Waals surface area contributed by atoms with E-state index in [1.54, 1.807) is 18.3 Å². The van der Waals surface area contributed by atoms with Crippen molar-refractivity contribution in [1.82, 2.24) is 4.98 Å². The first-order chi connectivity index (χ1) is 12.4. The molecule has 0 bridgehead atoms. The third-order valence-electron chi connectivity index (χ3n) is 5.84. The molecule has 1 heterocycles. The van der Waals surface area contributed by atoms with Crippen LogP contribution in [0.15, 0.2) is 42.6 Å². The number of aliphatic hydroxyl groups is 1. The molecule has 0 radical (unpaired) electrons. The van der Waals surface area contributed by atoms with Gasteiger partial charge in [-0.15, -0.1) is 13.2 Å². The van der Waals surface area contributed by atoms with Gasteiger partial charge in [-0.2, -0.15) is 0 Å². The van der Waals surface area contributed by atoms with Gasteiger partial charge in [0.25, 0.3) is 0 Å². The highest BCUT2D eigenvalue weighted by molar-refractivity contribution is 5.44. The molecule has 2 unspecified atom stereocenters. The van der Waals surface area contributed by atoms with E-state index in [1.807, 2.05) is 12.1 Å². The standard InChI is InChI=1S/C20H20F3NO2/c21-20(22,23)26-16-7-2-1-6-15(16)19(10-4-11-19)18(25)14-9-8-13-5-3-12-24-17(13)14/h1-3,5-7,12,14,18,25H,4,8-11H2. The molecule has 2 atom stereocenters. The van der Waals surface area contributed by atoms with Gasteiger partial charge in [0.05, 0.1) is 6.10 Å². The van der Waals surface area contributed by atoms with E-state index in [9.17, 15) is 18.3 Å². The Bertz CT molecular complexity index is 802. The highest BCUT2D eigenvalue weighted by atomic mass is 19.4. The smallest absolute Gasteiger partial charge is 0.405 e. The van der Waals surface area contributed by atoms with Crippen LogP contribution in [0.3, 0.4) is 0 Å². The first kappa shape index (κ1) is 17.3. The van der Waals surface area contributed by atoms with Crippen molar-refractivity contribution in [2.45, 2.75) is 55.9 Å². The Balaban J connectivity index is 1.71. The third kappa shape index (κ3) is 2.86. The number of fused-ring (bicyclic) bond motifs is 1.